The number of aliphatic carboxylic acids is 1. The van der Waals surface area contributed by atoms with Gasteiger partial charge in [0, 0.05) is 31.3 Å². The highest BCUT2D eigenvalue weighted by Crippen LogP contribution is 2.07. The van der Waals surface area contributed by atoms with Crippen LogP contribution in [0.3, 0.4) is 0 Å². The topological polar surface area (TPSA) is 287 Å². The first kappa shape index (κ1) is 31.8. The number of imidazole rings is 1. The molecule has 1 heterocycles. The fourth-order valence-electron chi connectivity index (χ4n) is 3.35. The number of carboxylic acids is 1. The summed E-state index contributed by atoms with van der Waals surface area (Å²) in [7, 11) is 0. The number of primary amides is 1. The van der Waals surface area contributed by atoms with Gasteiger partial charge in [0.05, 0.1) is 12.4 Å². The highest BCUT2D eigenvalue weighted by molar-refractivity contribution is 5.94. The molecular formula is C22H38N10O6. The van der Waals surface area contributed by atoms with Gasteiger partial charge in [-0.1, -0.05) is 13.8 Å². The third-order valence-corrected chi connectivity index (χ3v) is 5.46. The number of hydrogen-bond donors (Lipinski definition) is 9. The Hall–Kier alpha value is -4.21. The molecule has 0 radical (unpaired) electrons. The Kier molecular flexibility index (Phi) is 13.2. The second-order valence-electron chi connectivity index (χ2n) is 9.03. The van der Waals surface area contributed by atoms with Crippen LogP contribution >= 0.6 is 0 Å². The van der Waals surface area contributed by atoms with Crippen molar-refractivity contribution in [1.82, 2.24) is 25.9 Å². The Bertz CT molecular complexity index is 977. The van der Waals surface area contributed by atoms with Crippen LogP contribution in [-0.2, 0) is 30.4 Å². The summed E-state index contributed by atoms with van der Waals surface area (Å²) in [6, 6.07) is -4.65. The Morgan fingerprint density at radius 1 is 1.00 bits per heavy atom. The van der Waals surface area contributed by atoms with Crippen LogP contribution < -0.4 is 38.9 Å². The lowest BCUT2D eigenvalue weighted by atomic mass is 10.0. The summed E-state index contributed by atoms with van der Waals surface area (Å²) in [5, 5.41) is 17.0. The number of guanidine groups is 1. The molecule has 4 unspecified atom stereocenters. The standard InChI is InChI=1S/C22H38N10O6/c1-11(2)17(21(37)38)32-20(36)15(8-12-9-27-10-29-12)31-19(35)14(4-3-7-28-22(25)26)30-18(34)13(23)5-6-16(24)33/h9-11,13-15,17H,3-8,23H2,1-2H3,(H2,24,33)(H,27,29)(H,30,34)(H,31,35)(H,32,36)(H,37,38)(H4,25,26,28). The van der Waals surface area contributed by atoms with E-state index in [-0.39, 0.29) is 38.2 Å². The van der Waals surface area contributed by atoms with Crippen molar-refractivity contribution in [1.29, 1.82) is 0 Å². The van der Waals surface area contributed by atoms with Crippen LogP contribution in [0, 0.1) is 5.92 Å². The smallest absolute Gasteiger partial charge is 0.326 e. The molecular weight excluding hydrogens is 500 g/mol. The van der Waals surface area contributed by atoms with Gasteiger partial charge < -0.3 is 49.0 Å². The van der Waals surface area contributed by atoms with E-state index < -0.39 is 59.7 Å². The second-order valence-corrected chi connectivity index (χ2v) is 9.03. The van der Waals surface area contributed by atoms with Crippen molar-refractivity contribution < 1.29 is 29.1 Å². The number of hydrogen-bond acceptors (Lipinski definition) is 8. The van der Waals surface area contributed by atoms with Crippen LogP contribution in [0.5, 0.6) is 0 Å². The number of H-pyrrole nitrogens is 1. The van der Waals surface area contributed by atoms with E-state index in [0.29, 0.717) is 12.1 Å². The van der Waals surface area contributed by atoms with Gasteiger partial charge in [0.2, 0.25) is 23.6 Å². The molecule has 0 aliphatic rings. The highest BCUT2D eigenvalue weighted by Gasteiger charge is 2.31. The molecule has 0 aliphatic carbocycles. The molecule has 1 aromatic heterocycles. The summed E-state index contributed by atoms with van der Waals surface area (Å²) in [5.41, 5.74) is 22.1. The maximum atomic E-state index is 13.2. The zero-order chi connectivity index (χ0) is 28.8. The molecule has 16 heteroatoms. The van der Waals surface area contributed by atoms with Gasteiger partial charge in [-0.3, -0.25) is 24.2 Å². The number of carbonyl (C=O) groups excluding carboxylic acids is 4. The molecule has 1 rings (SSSR count). The van der Waals surface area contributed by atoms with E-state index in [1.54, 1.807) is 13.8 Å². The third kappa shape index (κ3) is 11.7. The summed E-state index contributed by atoms with van der Waals surface area (Å²) in [5.74, 6) is -4.58. The summed E-state index contributed by atoms with van der Waals surface area (Å²) in [6.45, 7) is 3.43. The molecule has 0 aliphatic heterocycles. The summed E-state index contributed by atoms with van der Waals surface area (Å²) in [6.07, 6.45) is 3.03. The fourth-order valence-corrected chi connectivity index (χ4v) is 3.35. The van der Waals surface area contributed by atoms with Gasteiger partial charge in [0.15, 0.2) is 5.96 Å². The van der Waals surface area contributed by atoms with Crippen molar-refractivity contribution in [3.63, 3.8) is 0 Å². The van der Waals surface area contributed by atoms with Crippen molar-refractivity contribution in [2.45, 2.75) is 70.1 Å². The maximum absolute atomic E-state index is 13.2. The molecule has 0 saturated carbocycles. The first-order valence-corrected chi connectivity index (χ1v) is 12.0. The highest BCUT2D eigenvalue weighted by atomic mass is 16.4. The number of rotatable bonds is 17. The SMILES string of the molecule is CC(C)C(NC(=O)C(Cc1cnc[nH]1)NC(=O)C(CCCN=C(N)N)NC(=O)C(N)CCC(N)=O)C(=O)O. The molecule has 13 N–H and O–H groups in total. The van der Waals surface area contributed by atoms with Crippen molar-refractivity contribution in [2.75, 3.05) is 6.54 Å². The zero-order valence-electron chi connectivity index (χ0n) is 21.5. The number of aliphatic imine (C=N–C) groups is 1. The minimum absolute atomic E-state index is 0.0276. The van der Waals surface area contributed by atoms with Crippen LogP contribution in [0.15, 0.2) is 17.5 Å². The van der Waals surface area contributed by atoms with Crippen LogP contribution in [0.4, 0.5) is 0 Å². The van der Waals surface area contributed by atoms with Gasteiger partial charge in [-0.25, -0.2) is 9.78 Å². The minimum atomic E-state index is -1.23. The second kappa shape index (κ2) is 15.8. The Labute approximate surface area is 219 Å². The van der Waals surface area contributed by atoms with E-state index >= 15 is 0 Å². The average molecular weight is 539 g/mol. The maximum Gasteiger partial charge on any atom is 0.326 e. The number of nitrogens with two attached hydrogens (primary N) is 4. The van der Waals surface area contributed by atoms with E-state index in [1.165, 1.54) is 12.5 Å². The van der Waals surface area contributed by atoms with E-state index in [1.807, 2.05) is 0 Å². The quantitative estimate of drug-likeness (QED) is 0.0543. The fraction of sp³-hybridized carbons (Fsp3) is 0.591. The minimum Gasteiger partial charge on any atom is -0.480 e. The molecule has 0 spiro atoms. The predicted molar refractivity (Wildman–Crippen MR) is 137 cm³/mol. The number of carbonyl (C=O) groups is 5. The number of amides is 4. The molecule has 4 atom stereocenters. The van der Waals surface area contributed by atoms with Gasteiger partial charge in [-0.15, -0.1) is 0 Å². The van der Waals surface area contributed by atoms with Crippen LogP contribution in [0.1, 0.15) is 45.2 Å². The number of aromatic nitrogens is 2. The normalized spacial score (nSPS) is 14.0. The molecule has 212 valence electrons. The molecule has 0 aromatic carbocycles. The summed E-state index contributed by atoms with van der Waals surface area (Å²) < 4.78 is 0. The average Bonchev–Trinajstić information content (AvgIpc) is 3.34. The molecule has 0 bridgehead atoms. The Balaban J connectivity index is 3.09. The van der Waals surface area contributed by atoms with Crippen molar-refractivity contribution in [2.24, 2.45) is 33.8 Å². The van der Waals surface area contributed by atoms with Gasteiger partial charge in [-0.2, -0.15) is 0 Å². The van der Waals surface area contributed by atoms with Crippen LogP contribution in [0.2, 0.25) is 0 Å². The third-order valence-electron chi connectivity index (χ3n) is 5.46. The molecule has 38 heavy (non-hydrogen) atoms. The first-order valence-electron chi connectivity index (χ1n) is 12.0. The summed E-state index contributed by atoms with van der Waals surface area (Å²) >= 11 is 0. The van der Waals surface area contributed by atoms with Crippen LogP contribution in [-0.4, -0.2) is 81.3 Å². The lowest BCUT2D eigenvalue weighted by Gasteiger charge is -2.26. The zero-order valence-corrected chi connectivity index (χ0v) is 21.5. The number of nitrogens with one attached hydrogen (secondary N) is 4. The van der Waals surface area contributed by atoms with Gasteiger partial charge in [0.1, 0.15) is 18.1 Å². The summed E-state index contributed by atoms with van der Waals surface area (Å²) in [4.78, 5) is 72.0. The number of nitrogens with zero attached hydrogens (tertiary/aromatic N) is 2. The van der Waals surface area contributed by atoms with E-state index in [4.69, 9.17) is 22.9 Å². The largest absolute Gasteiger partial charge is 0.480 e. The van der Waals surface area contributed by atoms with Crippen molar-refractivity contribution >= 4 is 35.6 Å². The van der Waals surface area contributed by atoms with Crippen LogP contribution in [0.25, 0.3) is 0 Å². The lowest BCUT2D eigenvalue weighted by Crippen LogP contribution is -2.58. The van der Waals surface area contributed by atoms with Crippen molar-refractivity contribution in [3.05, 3.63) is 18.2 Å². The Morgan fingerprint density at radius 3 is 2.16 bits per heavy atom. The van der Waals surface area contributed by atoms with E-state index in [9.17, 15) is 29.1 Å². The molecule has 4 amide bonds. The number of aromatic amines is 1. The molecule has 0 saturated heterocycles. The van der Waals surface area contributed by atoms with E-state index in [2.05, 4.69) is 30.9 Å². The molecule has 16 nitrogen and oxygen atoms in total. The first-order chi connectivity index (χ1) is 17.8. The molecule has 1 aromatic rings. The lowest BCUT2D eigenvalue weighted by molar-refractivity contribution is -0.143. The Morgan fingerprint density at radius 2 is 1.63 bits per heavy atom. The van der Waals surface area contributed by atoms with Crippen molar-refractivity contribution in [3.8, 4) is 0 Å². The monoisotopic (exact) mass is 538 g/mol. The predicted octanol–water partition coefficient (Wildman–Crippen LogP) is -3.21. The van der Waals surface area contributed by atoms with E-state index in [0.717, 1.165) is 0 Å². The van der Waals surface area contributed by atoms with Gasteiger partial charge in [-0.05, 0) is 25.2 Å². The van der Waals surface area contributed by atoms with Gasteiger partial charge in [0.25, 0.3) is 0 Å². The molecule has 0 fully saturated rings. The number of carboxylic acid groups (broad SMARTS) is 1. The van der Waals surface area contributed by atoms with Gasteiger partial charge >= 0.3 is 5.97 Å².